The first-order valence-electron chi connectivity index (χ1n) is 6.80. The second-order valence-corrected chi connectivity index (χ2v) is 6.34. The minimum absolute atomic E-state index is 0.664. The Bertz CT molecular complexity index is 448. The van der Waals surface area contributed by atoms with Gasteiger partial charge in [-0.15, -0.1) is 11.3 Å². The van der Waals surface area contributed by atoms with Gasteiger partial charge in [0.2, 0.25) is 0 Å². The predicted molar refractivity (Wildman–Crippen MR) is 73.5 cm³/mol. The molecule has 96 valence electrons. The Balaban J connectivity index is 1.50. The maximum Gasteiger partial charge on any atom is 0.100 e. The molecule has 18 heavy (non-hydrogen) atoms. The van der Waals surface area contributed by atoms with Gasteiger partial charge in [-0.25, -0.2) is 0 Å². The zero-order valence-corrected chi connectivity index (χ0v) is 11.4. The van der Waals surface area contributed by atoms with E-state index in [1.807, 2.05) is 11.4 Å². The second-order valence-electron chi connectivity index (χ2n) is 5.35. The van der Waals surface area contributed by atoms with Crippen LogP contribution in [0.2, 0.25) is 0 Å². The molecule has 0 amide bonds. The molecular weight excluding hydrogens is 242 g/mol. The van der Waals surface area contributed by atoms with Crippen LogP contribution in [0.25, 0.3) is 0 Å². The van der Waals surface area contributed by atoms with Gasteiger partial charge in [0, 0.05) is 28.9 Å². The third kappa shape index (κ3) is 2.59. The van der Waals surface area contributed by atoms with Crippen LogP contribution in [0.5, 0.6) is 0 Å². The Hall–Kier alpha value is -0.890. The topological polar surface area (TPSA) is 39.1 Å². The van der Waals surface area contributed by atoms with Gasteiger partial charge in [-0.3, -0.25) is 0 Å². The number of hydrogen-bond donors (Lipinski definition) is 1. The van der Waals surface area contributed by atoms with Crippen molar-refractivity contribution < 1.29 is 0 Å². The van der Waals surface area contributed by atoms with Crippen molar-refractivity contribution in [3.05, 3.63) is 21.9 Å². The Morgan fingerprint density at radius 3 is 3.22 bits per heavy atom. The molecule has 2 fully saturated rings. The normalized spacial score (nSPS) is 27.9. The molecular formula is C14H19N3S. The van der Waals surface area contributed by atoms with Crippen molar-refractivity contribution in [2.24, 2.45) is 0 Å². The molecule has 3 heterocycles. The van der Waals surface area contributed by atoms with E-state index in [2.05, 4.69) is 16.3 Å². The second kappa shape index (κ2) is 5.40. The highest BCUT2D eigenvalue weighted by atomic mass is 32.1. The number of piperidine rings is 1. The smallest absolute Gasteiger partial charge is 0.100 e. The van der Waals surface area contributed by atoms with E-state index >= 15 is 0 Å². The Kier molecular flexibility index (Phi) is 3.64. The Morgan fingerprint density at radius 2 is 2.39 bits per heavy atom. The summed E-state index contributed by atoms with van der Waals surface area (Å²) in [6, 6.07) is 5.69. The van der Waals surface area contributed by atoms with Crippen LogP contribution < -0.4 is 5.32 Å². The van der Waals surface area contributed by atoms with Crippen LogP contribution in [-0.2, 0) is 6.54 Å². The zero-order valence-electron chi connectivity index (χ0n) is 10.6. The highest BCUT2D eigenvalue weighted by molar-refractivity contribution is 7.10. The lowest BCUT2D eigenvalue weighted by Gasteiger charge is -2.35. The van der Waals surface area contributed by atoms with Crippen molar-refractivity contribution in [3.8, 4) is 6.07 Å². The molecule has 0 spiro atoms. The van der Waals surface area contributed by atoms with Crippen molar-refractivity contribution in [1.82, 2.24) is 10.2 Å². The van der Waals surface area contributed by atoms with Crippen LogP contribution in [0.15, 0.2) is 11.4 Å². The number of fused-ring (bicyclic) bond motifs is 1. The monoisotopic (exact) mass is 261 g/mol. The van der Waals surface area contributed by atoms with Gasteiger partial charge < -0.3 is 10.2 Å². The first kappa shape index (κ1) is 12.2. The van der Waals surface area contributed by atoms with Gasteiger partial charge in [-0.05, 0) is 44.8 Å². The van der Waals surface area contributed by atoms with Crippen LogP contribution in [0.1, 0.15) is 36.1 Å². The minimum atomic E-state index is 0.664. The molecule has 2 atom stereocenters. The number of nitrogens with zero attached hydrogens (tertiary/aromatic N) is 2. The number of hydrogen-bond acceptors (Lipinski definition) is 4. The highest BCUT2D eigenvalue weighted by Gasteiger charge is 2.31. The number of rotatable bonds is 3. The quantitative estimate of drug-likeness (QED) is 0.907. The van der Waals surface area contributed by atoms with Gasteiger partial charge >= 0.3 is 0 Å². The fraction of sp³-hybridized carbons (Fsp3) is 0.643. The van der Waals surface area contributed by atoms with Crippen molar-refractivity contribution in [1.29, 1.82) is 5.26 Å². The van der Waals surface area contributed by atoms with E-state index in [1.165, 1.54) is 43.6 Å². The van der Waals surface area contributed by atoms with E-state index in [-0.39, 0.29) is 0 Å². The van der Waals surface area contributed by atoms with Crippen molar-refractivity contribution in [2.75, 3.05) is 13.1 Å². The molecule has 4 heteroatoms. The van der Waals surface area contributed by atoms with E-state index in [1.54, 1.807) is 11.3 Å². The molecule has 2 saturated heterocycles. The average Bonchev–Trinajstić information content (AvgIpc) is 3.04. The lowest BCUT2D eigenvalue weighted by atomic mass is 9.97. The molecule has 0 radical (unpaired) electrons. The minimum Gasteiger partial charge on any atom is -0.309 e. The fourth-order valence-electron chi connectivity index (χ4n) is 3.19. The number of nitrogens with one attached hydrogen (secondary N) is 1. The molecule has 2 aliphatic heterocycles. The van der Waals surface area contributed by atoms with Gasteiger partial charge in [-0.1, -0.05) is 0 Å². The average molecular weight is 261 g/mol. The number of thiophene rings is 1. The predicted octanol–water partition coefficient (Wildman–Crippen LogP) is 2.34. The van der Waals surface area contributed by atoms with Gasteiger partial charge in [-0.2, -0.15) is 5.26 Å². The summed E-state index contributed by atoms with van der Waals surface area (Å²) >= 11 is 1.69. The molecule has 0 saturated carbocycles. The summed E-state index contributed by atoms with van der Waals surface area (Å²) < 4.78 is 0. The lowest BCUT2D eigenvalue weighted by molar-refractivity contribution is 0.166. The lowest BCUT2D eigenvalue weighted by Crippen LogP contribution is -2.45. The van der Waals surface area contributed by atoms with Crippen molar-refractivity contribution in [2.45, 2.75) is 44.3 Å². The number of nitriles is 1. The highest BCUT2D eigenvalue weighted by Crippen LogP contribution is 2.27. The summed E-state index contributed by atoms with van der Waals surface area (Å²) in [4.78, 5) is 3.93. The molecule has 1 aromatic heterocycles. The van der Waals surface area contributed by atoms with Gasteiger partial charge in [0.25, 0.3) is 0 Å². The molecule has 1 N–H and O–H groups in total. The molecule has 2 aliphatic rings. The summed E-state index contributed by atoms with van der Waals surface area (Å²) in [5, 5.41) is 14.4. The van der Waals surface area contributed by atoms with E-state index < -0.39 is 0 Å². The SMILES string of the molecule is N#Cc1csc(CNC2CCN3CCCC3C2)c1. The largest absolute Gasteiger partial charge is 0.309 e. The summed E-state index contributed by atoms with van der Waals surface area (Å²) in [5.74, 6) is 0. The van der Waals surface area contributed by atoms with E-state index in [9.17, 15) is 0 Å². The van der Waals surface area contributed by atoms with Gasteiger partial charge in [0.15, 0.2) is 0 Å². The van der Waals surface area contributed by atoms with Crippen molar-refractivity contribution in [3.63, 3.8) is 0 Å². The third-order valence-electron chi connectivity index (χ3n) is 4.17. The van der Waals surface area contributed by atoms with E-state index in [4.69, 9.17) is 5.26 Å². The summed E-state index contributed by atoms with van der Waals surface area (Å²) in [7, 11) is 0. The fourth-order valence-corrected chi connectivity index (χ4v) is 3.95. The Morgan fingerprint density at radius 1 is 1.44 bits per heavy atom. The maximum atomic E-state index is 8.80. The van der Waals surface area contributed by atoms with Crippen LogP contribution >= 0.6 is 11.3 Å². The molecule has 3 nitrogen and oxygen atoms in total. The van der Waals surface area contributed by atoms with Gasteiger partial charge in [0.1, 0.15) is 6.07 Å². The summed E-state index contributed by atoms with van der Waals surface area (Å²) in [5.41, 5.74) is 0.794. The van der Waals surface area contributed by atoms with E-state index in [0.717, 1.165) is 18.2 Å². The molecule has 2 unspecified atom stereocenters. The standard InChI is InChI=1S/C14H19N3S/c15-8-11-6-14(18-10-11)9-16-12-3-5-17-4-1-2-13(17)7-12/h6,10,12-13,16H,1-5,7,9H2. The molecule has 1 aromatic rings. The van der Waals surface area contributed by atoms with Crippen LogP contribution in [0.3, 0.4) is 0 Å². The summed E-state index contributed by atoms with van der Waals surface area (Å²) in [6.45, 7) is 3.49. The van der Waals surface area contributed by atoms with Crippen LogP contribution in [0, 0.1) is 11.3 Å². The van der Waals surface area contributed by atoms with Crippen LogP contribution in [0.4, 0.5) is 0 Å². The molecule has 0 bridgehead atoms. The van der Waals surface area contributed by atoms with E-state index in [0.29, 0.717) is 6.04 Å². The molecule has 3 rings (SSSR count). The van der Waals surface area contributed by atoms with Gasteiger partial charge in [0.05, 0.1) is 5.56 Å². The van der Waals surface area contributed by atoms with Crippen LogP contribution in [-0.4, -0.2) is 30.1 Å². The third-order valence-corrected chi connectivity index (χ3v) is 5.10. The molecule has 0 aromatic carbocycles. The Labute approximate surface area is 112 Å². The van der Waals surface area contributed by atoms with Crippen molar-refractivity contribution >= 4 is 11.3 Å². The first-order chi connectivity index (χ1) is 8.85. The summed E-state index contributed by atoms with van der Waals surface area (Å²) in [6.07, 6.45) is 5.34. The first-order valence-corrected chi connectivity index (χ1v) is 7.68. The maximum absolute atomic E-state index is 8.80. The molecule has 0 aliphatic carbocycles. The zero-order chi connectivity index (χ0) is 12.4.